The zero-order chi connectivity index (χ0) is 15.4. The molecule has 0 aliphatic heterocycles. The molecule has 4 heteroatoms. The molecule has 0 radical (unpaired) electrons. The van der Waals surface area contributed by atoms with E-state index in [1.807, 2.05) is 32.0 Å². The molecule has 21 heavy (non-hydrogen) atoms. The van der Waals surface area contributed by atoms with Gasteiger partial charge in [-0.3, -0.25) is 0 Å². The molecule has 1 N–H and O–H groups in total. The summed E-state index contributed by atoms with van der Waals surface area (Å²) in [5.74, 6) is -0.228. The highest BCUT2D eigenvalue weighted by atomic mass is 35.5. The smallest absolute Gasteiger partial charge is 0.126 e. The lowest BCUT2D eigenvalue weighted by molar-refractivity contribution is 0.526. The van der Waals surface area contributed by atoms with Crippen LogP contribution < -0.4 is 5.32 Å². The number of rotatable bonds is 5. The average Bonchev–Trinajstić information content (AvgIpc) is 2.42. The fourth-order valence-corrected chi connectivity index (χ4v) is 2.91. The Balaban J connectivity index is 2.32. The van der Waals surface area contributed by atoms with Crippen molar-refractivity contribution in [1.29, 1.82) is 0 Å². The molecular weight excluding hydrogens is 308 g/mol. The quantitative estimate of drug-likeness (QED) is 0.782. The van der Waals surface area contributed by atoms with Crippen molar-refractivity contribution in [2.75, 3.05) is 6.54 Å². The fourth-order valence-electron chi connectivity index (χ4n) is 2.49. The van der Waals surface area contributed by atoms with Crippen LogP contribution in [0.25, 0.3) is 0 Å². The normalized spacial score (nSPS) is 12.4. The third kappa shape index (κ3) is 4.19. The first-order valence-electron chi connectivity index (χ1n) is 6.94. The number of hydrogen-bond acceptors (Lipinski definition) is 1. The van der Waals surface area contributed by atoms with Gasteiger partial charge < -0.3 is 5.32 Å². The number of hydrogen-bond donors (Lipinski definition) is 1. The topological polar surface area (TPSA) is 12.0 Å². The molecule has 0 bridgehead atoms. The highest BCUT2D eigenvalue weighted by Crippen LogP contribution is 2.26. The Kier molecular flexibility index (Phi) is 5.63. The Morgan fingerprint density at radius 3 is 2.43 bits per heavy atom. The Morgan fingerprint density at radius 1 is 1.10 bits per heavy atom. The van der Waals surface area contributed by atoms with E-state index >= 15 is 0 Å². The molecule has 112 valence electrons. The van der Waals surface area contributed by atoms with Crippen LogP contribution in [-0.4, -0.2) is 6.54 Å². The molecule has 0 aliphatic rings. The maximum absolute atomic E-state index is 13.9. The lowest BCUT2D eigenvalue weighted by Crippen LogP contribution is -2.24. The van der Waals surface area contributed by atoms with Crippen molar-refractivity contribution in [1.82, 2.24) is 5.32 Å². The molecule has 0 aliphatic carbocycles. The van der Waals surface area contributed by atoms with E-state index in [0.29, 0.717) is 22.0 Å². The zero-order valence-electron chi connectivity index (χ0n) is 12.1. The third-order valence-electron chi connectivity index (χ3n) is 3.49. The van der Waals surface area contributed by atoms with Crippen LogP contribution in [0.5, 0.6) is 0 Å². The summed E-state index contributed by atoms with van der Waals surface area (Å²) >= 11 is 12.0. The minimum absolute atomic E-state index is 0.0280. The van der Waals surface area contributed by atoms with E-state index in [0.717, 1.165) is 17.7 Å². The van der Waals surface area contributed by atoms with Crippen LogP contribution in [0.4, 0.5) is 4.39 Å². The SMILES string of the molecule is CCNC(Cc1cc(Cl)ccc1F)c1ccc(Cl)cc1C. The van der Waals surface area contributed by atoms with Gasteiger partial charge in [0.1, 0.15) is 5.82 Å². The summed E-state index contributed by atoms with van der Waals surface area (Å²) in [4.78, 5) is 0. The van der Waals surface area contributed by atoms with Gasteiger partial charge in [0.05, 0.1) is 0 Å². The molecule has 0 spiro atoms. The standard InChI is InChI=1S/C17H18Cl2FN/c1-3-21-17(15-6-4-13(18)8-11(15)2)10-12-9-14(19)5-7-16(12)20/h4-9,17,21H,3,10H2,1-2H3. The zero-order valence-corrected chi connectivity index (χ0v) is 13.6. The molecule has 1 nitrogen and oxygen atoms in total. The third-order valence-corrected chi connectivity index (χ3v) is 3.96. The van der Waals surface area contributed by atoms with Crippen LogP contribution in [0.2, 0.25) is 10.0 Å². The van der Waals surface area contributed by atoms with Crippen molar-refractivity contribution in [2.24, 2.45) is 0 Å². The average molecular weight is 326 g/mol. The van der Waals surface area contributed by atoms with Crippen molar-refractivity contribution in [2.45, 2.75) is 26.3 Å². The van der Waals surface area contributed by atoms with Gasteiger partial charge in [0, 0.05) is 16.1 Å². The second-order valence-corrected chi connectivity index (χ2v) is 5.92. The van der Waals surface area contributed by atoms with Gasteiger partial charge in [-0.1, -0.05) is 36.2 Å². The van der Waals surface area contributed by atoms with Gasteiger partial charge in [-0.25, -0.2) is 4.39 Å². The fraction of sp³-hybridized carbons (Fsp3) is 0.294. The lowest BCUT2D eigenvalue weighted by atomic mass is 9.95. The van der Waals surface area contributed by atoms with Crippen LogP contribution in [-0.2, 0) is 6.42 Å². The van der Waals surface area contributed by atoms with Gasteiger partial charge in [-0.15, -0.1) is 0 Å². The largest absolute Gasteiger partial charge is 0.310 e. The summed E-state index contributed by atoms with van der Waals surface area (Å²) in [7, 11) is 0. The highest BCUT2D eigenvalue weighted by molar-refractivity contribution is 6.30. The summed E-state index contributed by atoms with van der Waals surface area (Å²) < 4.78 is 13.9. The van der Waals surface area contributed by atoms with Crippen molar-refractivity contribution < 1.29 is 4.39 Å². The van der Waals surface area contributed by atoms with Crippen LogP contribution in [0.1, 0.15) is 29.7 Å². The predicted molar refractivity (Wildman–Crippen MR) is 87.7 cm³/mol. The number of nitrogens with one attached hydrogen (secondary N) is 1. The van der Waals surface area contributed by atoms with Gasteiger partial charge >= 0.3 is 0 Å². The van der Waals surface area contributed by atoms with Gasteiger partial charge in [0.25, 0.3) is 0 Å². The first-order chi connectivity index (χ1) is 10.0. The van der Waals surface area contributed by atoms with E-state index in [2.05, 4.69) is 5.32 Å². The van der Waals surface area contributed by atoms with Gasteiger partial charge in [-0.05, 0) is 66.9 Å². The Hall–Kier alpha value is -1.09. The van der Waals surface area contributed by atoms with Gasteiger partial charge in [0.2, 0.25) is 0 Å². The number of benzene rings is 2. The van der Waals surface area contributed by atoms with Crippen molar-refractivity contribution in [3.05, 3.63) is 69.0 Å². The van der Waals surface area contributed by atoms with E-state index in [1.165, 1.54) is 6.07 Å². The summed E-state index contributed by atoms with van der Waals surface area (Å²) in [6, 6.07) is 10.5. The maximum Gasteiger partial charge on any atom is 0.126 e. The van der Waals surface area contributed by atoms with Crippen molar-refractivity contribution >= 4 is 23.2 Å². The first kappa shape index (κ1) is 16.3. The van der Waals surface area contributed by atoms with E-state index in [1.54, 1.807) is 12.1 Å². The number of aryl methyl sites for hydroxylation is 1. The van der Waals surface area contributed by atoms with Crippen LogP contribution in [0, 0.1) is 12.7 Å². The molecule has 1 unspecified atom stereocenters. The molecule has 0 fully saturated rings. The molecule has 0 saturated carbocycles. The maximum atomic E-state index is 13.9. The summed E-state index contributed by atoms with van der Waals surface area (Å²) in [6.45, 7) is 4.85. The molecule has 2 aromatic rings. The van der Waals surface area contributed by atoms with Crippen LogP contribution in [0.15, 0.2) is 36.4 Å². The Bertz CT molecular complexity index is 628. The molecule has 0 heterocycles. The number of halogens is 3. The minimum atomic E-state index is -0.228. The van der Waals surface area contributed by atoms with E-state index in [9.17, 15) is 4.39 Å². The summed E-state index contributed by atoms with van der Waals surface area (Å²) in [5.41, 5.74) is 2.83. The Labute approximate surface area is 135 Å². The Morgan fingerprint density at radius 2 is 1.76 bits per heavy atom. The second-order valence-electron chi connectivity index (χ2n) is 5.05. The molecule has 0 saturated heterocycles. The van der Waals surface area contributed by atoms with Crippen LogP contribution in [0.3, 0.4) is 0 Å². The second kappa shape index (κ2) is 7.26. The number of likely N-dealkylation sites (N-methyl/N-ethyl adjacent to an activating group) is 1. The van der Waals surface area contributed by atoms with Gasteiger partial charge in [-0.2, -0.15) is 0 Å². The molecule has 0 amide bonds. The van der Waals surface area contributed by atoms with E-state index in [4.69, 9.17) is 23.2 Å². The van der Waals surface area contributed by atoms with E-state index < -0.39 is 0 Å². The predicted octanol–water partition coefficient (Wildman–Crippen LogP) is 5.33. The van der Waals surface area contributed by atoms with Crippen LogP contribution >= 0.6 is 23.2 Å². The lowest BCUT2D eigenvalue weighted by Gasteiger charge is -2.21. The highest BCUT2D eigenvalue weighted by Gasteiger charge is 2.16. The summed E-state index contributed by atoms with van der Waals surface area (Å²) in [6.07, 6.45) is 0.544. The molecule has 2 aromatic carbocycles. The van der Waals surface area contributed by atoms with Crippen molar-refractivity contribution in [3.8, 4) is 0 Å². The summed E-state index contributed by atoms with van der Waals surface area (Å²) in [5, 5.41) is 4.66. The monoisotopic (exact) mass is 325 g/mol. The molecule has 0 aromatic heterocycles. The van der Waals surface area contributed by atoms with E-state index in [-0.39, 0.29) is 11.9 Å². The molecular formula is C17H18Cl2FN. The minimum Gasteiger partial charge on any atom is -0.310 e. The molecule has 1 atom stereocenters. The van der Waals surface area contributed by atoms with Crippen molar-refractivity contribution in [3.63, 3.8) is 0 Å². The van der Waals surface area contributed by atoms with Gasteiger partial charge in [0.15, 0.2) is 0 Å². The first-order valence-corrected chi connectivity index (χ1v) is 7.70. The molecule has 2 rings (SSSR count).